The largest absolute Gasteiger partial charge is 0.417 e. The molecule has 0 saturated heterocycles. The molecule has 2 aromatic heterocycles. The maximum atomic E-state index is 13.2. The van der Waals surface area contributed by atoms with Crippen LogP contribution in [0.1, 0.15) is 34.7 Å². The van der Waals surface area contributed by atoms with Crippen molar-refractivity contribution in [2.45, 2.75) is 26.1 Å². The summed E-state index contributed by atoms with van der Waals surface area (Å²) in [5, 5.41) is 7.64. The minimum atomic E-state index is -4.56. The fourth-order valence-corrected chi connectivity index (χ4v) is 3.54. The van der Waals surface area contributed by atoms with Gasteiger partial charge in [0, 0.05) is 18.3 Å². The molecule has 1 atom stereocenters. The van der Waals surface area contributed by atoms with Crippen molar-refractivity contribution >= 4 is 36.7 Å². The van der Waals surface area contributed by atoms with Gasteiger partial charge in [0.1, 0.15) is 5.69 Å². The molecule has 0 aliphatic carbocycles. The van der Waals surface area contributed by atoms with Crippen molar-refractivity contribution < 1.29 is 22.5 Å². The zero-order valence-corrected chi connectivity index (χ0v) is 17.0. The molecule has 4 rings (SSSR count). The van der Waals surface area contributed by atoms with Gasteiger partial charge in [-0.2, -0.15) is 31.8 Å². The van der Waals surface area contributed by atoms with Gasteiger partial charge in [0.2, 0.25) is 0 Å². The van der Waals surface area contributed by atoms with Gasteiger partial charge < -0.3 is 9.42 Å². The first kappa shape index (κ1) is 21.3. The Bertz CT molecular complexity index is 1080. The maximum absolute atomic E-state index is 13.2. The van der Waals surface area contributed by atoms with Crippen LogP contribution in [-0.4, -0.2) is 27.4 Å². The van der Waals surface area contributed by atoms with Crippen LogP contribution in [0.2, 0.25) is 5.02 Å². The van der Waals surface area contributed by atoms with Crippen LogP contribution in [-0.2, 0) is 6.18 Å². The summed E-state index contributed by atoms with van der Waals surface area (Å²) in [4.78, 5) is 14.5. The topological polar surface area (TPSA) is 64.2 Å². The average Bonchev–Trinajstić information content (AvgIpc) is 3.23. The Morgan fingerprint density at radius 3 is 2.59 bits per heavy atom. The second-order valence-electron chi connectivity index (χ2n) is 6.61. The number of halogens is 4. The molecule has 3 aromatic rings. The molecule has 1 aromatic carbocycles. The van der Waals surface area contributed by atoms with Gasteiger partial charge in [-0.25, -0.2) is 0 Å². The molecule has 0 unspecified atom stereocenters. The summed E-state index contributed by atoms with van der Waals surface area (Å²) in [5.41, 5.74) is 0.740. The monoisotopic (exact) mass is 444 g/mol. The first-order valence-electron chi connectivity index (χ1n) is 8.36. The van der Waals surface area contributed by atoms with E-state index >= 15 is 0 Å². The van der Waals surface area contributed by atoms with Gasteiger partial charge in [-0.15, -0.1) is 0 Å². The predicted molar refractivity (Wildman–Crippen MR) is 106 cm³/mol. The normalized spacial score (nSPS) is 16.6. The van der Waals surface area contributed by atoms with Crippen LogP contribution < -0.4 is 4.90 Å². The number of fused-ring (bicyclic) bond motifs is 1. The number of carbonyl (C=O) groups excluding carboxylic acids is 1. The number of benzene rings is 1. The van der Waals surface area contributed by atoms with E-state index in [-0.39, 0.29) is 37.5 Å². The smallest absolute Gasteiger partial charge is 0.356 e. The third-order valence-corrected chi connectivity index (χ3v) is 4.88. The molecule has 0 N–H and O–H groups in total. The molecular weight excluding hydrogens is 429 g/mol. The lowest BCUT2D eigenvalue weighted by molar-refractivity contribution is -0.137. The van der Waals surface area contributed by atoms with E-state index in [4.69, 9.17) is 16.1 Å². The predicted octanol–water partition coefficient (Wildman–Crippen LogP) is 4.85. The van der Waals surface area contributed by atoms with Crippen LogP contribution in [0.3, 0.4) is 0 Å². The summed E-state index contributed by atoms with van der Waals surface area (Å²) in [7, 11) is 0. The summed E-state index contributed by atoms with van der Waals surface area (Å²) < 4.78 is 45.7. The molecule has 3 heterocycles. The van der Waals surface area contributed by atoms with Crippen LogP contribution in [0.4, 0.5) is 18.9 Å². The number of carbonyl (C=O) groups is 1. The van der Waals surface area contributed by atoms with Crippen molar-refractivity contribution in [1.82, 2.24) is 14.9 Å². The SMILES string of the molecule is Cc1cc(-c2cnn3c2C(=O)N(c2ccc(C(F)(F)F)c(Cl)c2)C[C@@H]3C)on1.S. The number of hydrogen-bond acceptors (Lipinski definition) is 4. The lowest BCUT2D eigenvalue weighted by Crippen LogP contribution is -2.42. The Balaban J connectivity index is 0.00000240. The summed E-state index contributed by atoms with van der Waals surface area (Å²) >= 11 is 5.83. The van der Waals surface area contributed by atoms with Crippen molar-refractivity contribution in [1.29, 1.82) is 0 Å². The van der Waals surface area contributed by atoms with E-state index in [9.17, 15) is 18.0 Å². The van der Waals surface area contributed by atoms with Crippen LogP contribution in [0.25, 0.3) is 11.3 Å². The first-order chi connectivity index (χ1) is 13.2. The molecule has 1 amide bonds. The molecule has 0 radical (unpaired) electrons. The fraction of sp³-hybridized carbons (Fsp3) is 0.278. The van der Waals surface area contributed by atoms with Crippen molar-refractivity contribution in [3.63, 3.8) is 0 Å². The van der Waals surface area contributed by atoms with Gasteiger partial charge in [-0.1, -0.05) is 16.8 Å². The number of rotatable bonds is 2. The van der Waals surface area contributed by atoms with Crippen molar-refractivity contribution in [2.24, 2.45) is 0 Å². The number of aromatic nitrogens is 3. The number of aryl methyl sites for hydroxylation is 1. The highest BCUT2D eigenvalue weighted by molar-refractivity contribution is 7.59. The summed E-state index contributed by atoms with van der Waals surface area (Å²) in [6.45, 7) is 3.85. The molecule has 29 heavy (non-hydrogen) atoms. The third kappa shape index (κ3) is 3.62. The molecule has 0 fully saturated rings. The molecule has 1 aliphatic heterocycles. The number of anilines is 1. The van der Waals surface area contributed by atoms with Crippen LogP contribution in [0.5, 0.6) is 0 Å². The van der Waals surface area contributed by atoms with Gasteiger partial charge in [-0.05, 0) is 32.0 Å². The Morgan fingerprint density at radius 1 is 1.28 bits per heavy atom. The Labute approximate surface area is 175 Å². The summed E-state index contributed by atoms with van der Waals surface area (Å²) in [6, 6.07) is 4.75. The van der Waals surface area contributed by atoms with E-state index in [0.717, 1.165) is 12.1 Å². The first-order valence-corrected chi connectivity index (χ1v) is 8.74. The number of amides is 1. The van der Waals surface area contributed by atoms with E-state index in [1.165, 1.54) is 17.2 Å². The molecule has 154 valence electrons. The number of hydrogen-bond donors (Lipinski definition) is 0. The highest BCUT2D eigenvalue weighted by Crippen LogP contribution is 2.38. The lowest BCUT2D eigenvalue weighted by atomic mass is 10.1. The third-order valence-electron chi connectivity index (χ3n) is 4.57. The highest BCUT2D eigenvalue weighted by atomic mass is 35.5. The van der Waals surface area contributed by atoms with Crippen LogP contribution >= 0.6 is 25.1 Å². The van der Waals surface area contributed by atoms with Gasteiger partial charge in [0.15, 0.2) is 5.76 Å². The van der Waals surface area contributed by atoms with Crippen molar-refractivity contribution in [2.75, 3.05) is 11.4 Å². The van der Waals surface area contributed by atoms with E-state index in [1.54, 1.807) is 17.7 Å². The Kier molecular flexibility index (Phi) is 5.44. The van der Waals surface area contributed by atoms with Gasteiger partial charge in [0.05, 0.1) is 34.1 Å². The van der Waals surface area contributed by atoms with Crippen LogP contribution in [0, 0.1) is 6.92 Å². The number of alkyl halides is 3. The molecule has 6 nitrogen and oxygen atoms in total. The van der Waals surface area contributed by atoms with Crippen molar-refractivity contribution in [3.8, 4) is 11.3 Å². The lowest BCUT2D eigenvalue weighted by Gasteiger charge is -2.32. The number of nitrogens with zero attached hydrogens (tertiary/aromatic N) is 4. The summed E-state index contributed by atoms with van der Waals surface area (Å²) in [6.07, 6.45) is -3.04. The highest BCUT2D eigenvalue weighted by Gasteiger charge is 2.37. The van der Waals surface area contributed by atoms with Crippen LogP contribution in [0.15, 0.2) is 35.0 Å². The van der Waals surface area contributed by atoms with E-state index in [2.05, 4.69) is 10.3 Å². The minimum absolute atomic E-state index is 0. The second kappa shape index (κ2) is 7.42. The molecule has 0 bridgehead atoms. The Morgan fingerprint density at radius 2 is 2.00 bits per heavy atom. The fourth-order valence-electron chi connectivity index (χ4n) is 3.26. The van der Waals surface area contributed by atoms with E-state index < -0.39 is 22.7 Å². The van der Waals surface area contributed by atoms with E-state index in [1.807, 2.05) is 6.92 Å². The van der Waals surface area contributed by atoms with Gasteiger partial charge in [0.25, 0.3) is 5.91 Å². The van der Waals surface area contributed by atoms with Gasteiger partial charge >= 0.3 is 6.18 Å². The Hall–Kier alpha value is -2.46. The molecular formula is C18H16ClF3N4O2S. The second-order valence-corrected chi connectivity index (χ2v) is 7.02. The van der Waals surface area contributed by atoms with Crippen molar-refractivity contribution in [3.05, 3.63) is 52.4 Å². The van der Waals surface area contributed by atoms with E-state index in [0.29, 0.717) is 17.0 Å². The zero-order valence-electron chi connectivity index (χ0n) is 15.3. The zero-order chi connectivity index (χ0) is 20.2. The molecule has 11 heteroatoms. The summed E-state index contributed by atoms with van der Waals surface area (Å²) in [5.74, 6) is -0.0120. The molecule has 0 spiro atoms. The minimum Gasteiger partial charge on any atom is -0.356 e. The standard InChI is InChI=1S/C18H14ClF3N4O2.H2S/c1-9-5-15(28-24-9)12-7-23-26-10(2)8-25(17(27)16(12)26)11-3-4-13(14(19)6-11)18(20,21)22;/h3-7,10H,8H2,1-2H3;1H2/t10-;/m0./s1. The quantitative estimate of drug-likeness (QED) is 0.566. The maximum Gasteiger partial charge on any atom is 0.417 e. The molecule has 0 saturated carbocycles. The average molecular weight is 445 g/mol. The van der Waals surface area contributed by atoms with Gasteiger partial charge in [-0.3, -0.25) is 9.48 Å². The molecule has 1 aliphatic rings.